The molecule has 202 valence electrons. The minimum atomic E-state index is -0.835. The highest BCUT2D eigenvalue weighted by molar-refractivity contribution is 6.06. The highest BCUT2D eigenvalue weighted by Gasteiger charge is 2.67. The van der Waals surface area contributed by atoms with E-state index in [0.717, 1.165) is 38.5 Å². The van der Waals surface area contributed by atoms with Gasteiger partial charge < -0.3 is 10.1 Å². The van der Waals surface area contributed by atoms with Crippen molar-refractivity contribution < 1.29 is 14.3 Å². The third-order valence-electron chi connectivity index (χ3n) is 11.6. The number of benzene rings is 2. The number of fused-ring (bicyclic) bond motifs is 2. The second-order valence-corrected chi connectivity index (χ2v) is 13.9. The number of ether oxygens (including phenoxy) is 1. The second-order valence-electron chi connectivity index (χ2n) is 13.9. The third-order valence-corrected chi connectivity index (χ3v) is 11.6. The Labute approximate surface area is 230 Å². The summed E-state index contributed by atoms with van der Waals surface area (Å²) in [7, 11) is 0. The van der Waals surface area contributed by atoms with E-state index < -0.39 is 5.54 Å². The van der Waals surface area contributed by atoms with Gasteiger partial charge in [0.1, 0.15) is 5.54 Å². The Morgan fingerprint density at radius 1 is 0.974 bits per heavy atom. The second kappa shape index (κ2) is 7.63. The van der Waals surface area contributed by atoms with Crippen molar-refractivity contribution >= 4 is 22.7 Å². The van der Waals surface area contributed by atoms with E-state index in [4.69, 9.17) is 4.74 Å². The molecule has 1 N–H and O–H groups in total. The summed E-state index contributed by atoms with van der Waals surface area (Å²) in [4.78, 5) is 27.5. The average Bonchev–Trinajstić information content (AvgIpc) is 3.49. The molecule has 3 amide bonds. The molecule has 3 heterocycles. The number of hydrogen-bond acceptors (Lipinski definition) is 3. The van der Waals surface area contributed by atoms with Crippen LogP contribution in [-0.2, 0) is 9.53 Å². The fourth-order valence-electron chi connectivity index (χ4n) is 9.68. The Balaban J connectivity index is 1.13. The van der Waals surface area contributed by atoms with Crippen LogP contribution in [0.3, 0.4) is 0 Å². The lowest BCUT2D eigenvalue weighted by molar-refractivity contribution is -0.145. The Morgan fingerprint density at radius 2 is 1.79 bits per heavy atom. The van der Waals surface area contributed by atoms with E-state index in [1.165, 1.54) is 45.2 Å². The average molecular weight is 523 g/mol. The third kappa shape index (κ3) is 3.06. The molecule has 0 aromatic heterocycles. The Morgan fingerprint density at radius 3 is 2.59 bits per heavy atom. The molecular formula is C34H38N2O3. The predicted octanol–water partition coefficient (Wildman–Crippen LogP) is 6.78. The molecule has 2 unspecified atom stereocenters. The van der Waals surface area contributed by atoms with E-state index in [0.29, 0.717) is 11.8 Å². The summed E-state index contributed by atoms with van der Waals surface area (Å²) < 4.78 is 7.42. The van der Waals surface area contributed by atoms with Gasteiger partial charge >= 0.3 is 6.03 Å². The van der Waals surface area contributed by atoms with Gasteiger partial charge in [-0.05, 0) is 104 Å². The molecule has 3 aliphatic heterocycles. The van der Waals surface area contributed by atoms with Crippen LogP contribution >= 0.6 is 0 Å². The maximum atomic E-state index is 13.1. The summed E-state index contributed by atoms with van der Waals surface area (Å²) in [6.07, 6.45) is 12.9. The molecule has 5 nitrogen and oxygen atoms in total. The van der Waals surface area contributed by atoms with Gasteiger partial charge in [-0.1, -0.05) is 61.5 Å². The van der Waals surface area contributed by atoms with E-state index >= 15 is 0 Å². The number of carbonyl (C=O) groups is 2. The van der Waals surface area contributed by atoms with Crippen LogP contribution in [0.2, 0.25) is 0 Å². The number of carbonyl (C=O) groups excluding carboxylic acids is 2. The van der Waals surface area contributed by atoms with Crippen LogP contribution < -0.4 is 5.32 Å². The van der Waals surface area contributed by atoms with Crippen molar-refractivity contribution in [2.45, 2.75) is 101 Å². The van der Waals surface area contributed by atoms with Crippen molar-refractivity contribution in [2.75, 3.05) is 0 Å². The summed E-state index contributed by atoms with van der Waals surface area (Å²) in [6.45, 7) is 6.11. The molecule has 8 rings (SSSR count). The van der Waals surface area contributed by atoms with Crippen molar-refractivity contribution in [3.8, 4) is 0 Å². The Hall–Kier alpha value is -2.92. The first-order valence-electron chi connectivity index (χ1n) is 14.9. The molecule has 0 radical (unpaired) electrons. The molecule has 5 heteroatoms. The fraction of sp³-hybridized carbons (Fsp3) is 0.529. The fourth-order valence-corrected chi connectivity index (χ4v) is 9.68. The first kappa shape index (κ1) is 23.9. The van der Waals surface area contributed by atoms with Crippen LogP contribution in [0, 0.1) is 11.3 Å². The van der Waals surface area contributed by atoms with Gasteiger partial charge in [-0.3, -0.25) is 9.69 Å². The molecule has 6 atom stereocenters. The van der Waals surface area contributed by atoms with Crippen molar-refractivity contribution in [1.29, 1.82) is 0 Å². The van der Waals surface area contributed by atoms with Crippen LogP contribution in [0.25, 0.3) is 10.8 Å². The molecule has 3 aliphatic carbocycles. The van der Waals surface area contributed by atoms with Crippen molar-refractivity contribution in [2.24, 2.45) is 11.3 Å². The zero-order valence-electron chi connectivity index (χ0n) is 23.3. The van der Waals surface area contributed by atoms with E-state index in [1.807, 2.05) is 0 Å². The largest absolute Gasteiger partial charge is 0.359 e. The zero-order valence-corrected chi connectivity index (χ0v) is 23.3. The quantitative estimate of drug-likeness (QED) is 0.442. The summed E-state index contributed by atoms with van der Waals surface area (Å²) >= 11 is 0. The summed E-state index contributed by atoms with van der Waals surface area (Å²) in [5, 5.41) is 5.51. The number of urea groups is 1. The highest BCUT2D eigenvalue weighted by Crippen LogP contribution is 2.69. The normalized spacial score (nSPS) is 40.1. The maximum Gasteiger partial charge on any atom is 0.325 e. The molecule has 39 heavy (non-hydrogen) atoms. The molecule has 2 saturated heterocycles. The van der Waals surface area contributed by atoms with Gasteiger partial charge in [0, 0.05) is 12.5 Å². The summed E-state index contributed by atoms with van der Waals surface area (Å²) in [5.41, 5.74) is 2.96. The van der Waals surface area contributed by atoms with E-state index in [9.17, 15) is 9.59 Å². The number of nitrogens with zero attached hydrogens (tertiary/aromatic N) is 1. The van der Waals surface area contributed by atoms with E-state index in [1.54, 1.807) is 13.8 Å². The predicted molar refractivity (Wildman–Crippen MR) is 151 cm³/mol. The summed E-state index contributed by atoms with van der Waals surface area (Å²) in [6, 6.07) is 15.4. The highest BCUT2D eigenvalue weighted by atomic mass is 16.5. The lowest BCUT2D eigenvalue weighted by Gasteiger charge is -2.54. The van der Waals surface area contributed by atoms with Crippen LogP contribution in [0.4, 0.5) is 4.79 Å². The minimum Gasteiger partial charge on any atom is -0.359 e. The smallest absolute Gasteiger partial charge is 0.325 e. The van der Waals surface area contributed by atoms with Crippen molar-refractivity contribution in [3.63, 3.8) is 0 Å². The number of hydrogen-bond donors (Lipinski definition) is 1. The first-order chi connectivity index (χ1) is 18.7. The number of rotatable bonds is 2. The van der Waals surface area contributed by atoms with Crippen molar-refractivity contribution in [1.82, 2.24) is 10.2 Å². The number of imide groups is 1. The number of nitrogens with one attached hydrogen (secondary N) is 1. The molecule has 6 aliphatic rings. The van der Waals surface area contributed by atoms with Gasteiger partial charge in [-0.25, -0.2) is 4.79 Å². The lowest BCUT2D eigenvalue weighted by atomic mass is 9.58. The van der Waals surface area contributed by atoms with Gasteiger partial charge in [0.15, 0.2) is 0 Å². The molecule has 4 fully saturated rings. The van der Waals surface area contributed by atoms with Gasteiger partial charge in [-0.2, -0.15) is 0 Å². The van der Waals surface area contributed by atoms with Gasteiger partial charge in [-0.15, -0.1) is 0 Å². The monoisotopic (exact) mass is 522 g/mol. The Bertz CT molecular complexity index is 1500. The summed E-state index contributed by atoms with van der Waals surface area (Å²) in [5.74, 6) is 0.872. The van der Waals surface area contributed by atoms with Crippen LogP contribution in [-0.4, -0.2) is 39.6 Å². The molecular weight excluding hydrogens is 484 g/mol. The molecule has 2 bridgehead atoms. The van der Waals surface area contributed by atoms with E-state index in [2.05, 4.69) is 66.9 Å². The van der Waals surface area contributed by atoms with Gasteiger partial charge in [0.05, 0.1) is 11.2 Å². The SMILES string of the molecule is CC1(C)NC(=O)N([C@H]2CCC3=CC4=CC[C@]5(C)C(c6ccc7ccccc7c6)CC[C@H]5C45CC[C@]3(C2)O5)C1=O. The van der Waals surface area contributed by atoms with Gasteiger partial charge in [0.2, 0.25) is 0 Å². The lowest BCUT2D eigenvalue weighted by Crippen LogP contribution is -2.56. The number of amides is 3. The van der Waals surface area contributed by atoms with E-state index in [-0.39, 0.29) is 34.6 Å². The maximum absolute atomic E-state index is 13.1. The van der Waals surface area contributed by atoms with Gasteiger partial charge in [0.25, 0.3) is 5.91 Å². The molecule has 2 aromatic carbocycles. The zero-order chi connectivity index (χ0) is 26.8. The topological polar surface area (TPSA) is 58.6 Å². The first-order valence-corrected chi connectivity index (χ1v) is 14.9. The van der Waals surface area contributed by atoms with Crippen LogP contribution in [0.1, 0.15) is 83.6 Å². The molecule has 2 spiro atoms. The molecule has 2 saturated carbocycles. The molecule has 2 aromatic rings. The minimum absolute atomic E-state index is 0.107. The number of allylic oxidation sites excluding steroid dienone is 1. The van der Waals surface area contributed by atoms with Crippen molar-refractivity contribution in [3.05, 3.63) is 71.3 Å². The van der Waals surface area contributed by atoms with Crippen LogP contribution in [0.15, 0.2) is 65.8 Å². The Kier molecular flexibility index (Phi) is 4.68. The van der Waals surface area contributed by atoms with Crippen LogP contribution in [0.5, 0.6) is 0 Å². The standard InChI is InChI=1S/C34H38N2O3/c1-31(2)29(37)36(30(38)35-31)26-11-10-24-19-25-14-15-32(3)27(23-9-8-21-6-4-5-7-22(21)18-23)12-13-28(32)34(25)17-16-33(24,20-26)39-34/h4-9,14,18-19,26-28H,10-13,15-17,20H2,1-3H3,(H,35,38)/t26-,27?,28+,32+,33+,34?/m0/s1.